The third kappa shape index (κ3) is 4.62. The highest BCUT2D eigenvalue weighted by Crippen LogP contribution is 2.66. The molecule has 4 fully saturated rings. The predicted octanol–water partition coefficient (Wildman–Crippen LogP) is 3.33. The van der Waals surface area contributed by atoms with Crippen molar-refractivity contribution in [2.75, 3.05) is 18.5 Å². The number of aliphatic hydroxyl groups excluding tert-OH is 1. The fourth-order valence-electron chi connectivity index (χ4n) is 7.05. The van der Waals surface area contributed by atoms with E-state index in [0.29, 0.717) is 18.7 Å². The number of hydrogen-bond donors (Lipinski definition) is 3. The van der Waals surface area contributed by atoms with Crippen LogP contribution in [0.25, 0.3) is 0 Å². The zero-order valence-electron chi connectivity index (χ0n) is 21.8. The van der Waals surface area contributed by atoms with E-state index in [1.807, 2.05) is 26.0 Å². The van der Waals surface area contributed by atoms with Crippen LogP contribution in [0, 0.1) is 11.8 Å². The van der Waals surface area contributed by atoms with Crippen molar-refractivity contribution in [1.29, 1.82) is 0 Å². The Kier molecular flexibility index (Phi) is 7.73. The normalized spacial score (nSPS) is 31.8. The molecule has 1 aromatic carbocycles. The Morgan fingerprint density at radius 3 is 2.51 bits per heavy atom. The van der Waals surface area contributed by atoms with Gasteiger partial charge in [-0.1, -0.05) is 26.2 Å². The van der Waals surface area contributed by atoms with E-state index in [0.717, 1.165) is 44.3 Å². The molecular formula is C28H39N3O5S. The molecule has 202 valence electrons. The second-order valence-corrected chi connectivity index (χ2v) is 12.4. The molecule has 3 aliphatic heterocycles. The summed E-state index contributed by atoms with van der Waals surface area (Å²) in [4.78, 5) is 43.2. The van der Waals surface area contributed by atoms with Crippen molar-refractivity contribution < 1.29 is 24.2 Å². The van der Waals surface area contributed by atoms with Crippen molar-refractivity contribution in [1.82, 2.24) is 10.2 Å². The summed E-state index contributed by atoms with van der Waals surface area (Å²) in [7, 11) is 0. The monoisotopic (exact) mass is 529 g/mol. The topological polar surface area (TPSA) is 108 Å². The molecule has 3 saturated heterocycles. The predicted molar refractivity (Wildman–Crippen MR) is 143 cm³/mol. The number of amides is 3. The second kappa shape index (κ2) is 10.8. The van der Waals surface area contributed by atoms with Gasteiger partial charge in [-0.3, -0.25) is 14.4 Å². The van der Waals surface area contributed by atoms with Crippen LogP contribution in [0.2, 0.25) is 0 Å². The Bertz CT molecular complexity index is 1010. The minimum absolute atomic E-state index is 0.00187. The largest absolute Gasteiger partial charge is 0.494 e. The zero-order valence-corrected chi connectivity index (χ0v) is 22.6. The van der Waals surface area contributed by atoms with Gasteiger partial charge in [-0.15, -0.1) is 11.8 Å². The summed E-state index contributed by atoms with van der Waals surface area (Å²) in [5.41, 5.74) is 0.658. The molecule has 5 rings (SSSR count). The Balaban J connectivity index is 1.41. The molecule has 3 N–H and O–H groups in total. The van der Waals surface area contributed by atoms with E-state index in [2.05, 4.69) is 10.6 Å². The lowest BCUT2D eigenvalue weighted by Gasteiger charge is -2.38. The van der Waals surface area contributed by atoms with Crippen LogP contribution in [0.5, 0.6) is 5.75 Å². The van der Waals surface area contributed by atoms with Gasteiger partial charge in [0.25, 0.3) is 0 Å². The molecule has 1 aliphatic carbocycles. The quantitative estimate of drug-likeness (QED) is 0.453. The maximum absolute atomic E-state index is 14.0. The molecule has 3 amide bonds. The highest BCUT2D eigenvalue weighted by molar-refractivity contribution is 8.02. The highest BCUT2D eigenvalue weighted by atomic mass is 32.2. The van der Waals surface area contributed by atoms with Gasteiger partial charge >= 0.3 is 0 Å². The molecule has 6 atom stereocenters. The molecule has 3 heterocycles. The number of thioether (sulfide) groups is 1. The molecule has 2 bridgehead atoms. The maximum Gasteiger partial charge on any atom is 0.244 e. The van der Waals surface area contributed by atoms with Crippen LogP contribution in [0.1, 0.15) is 65.2 Å². The number of fused-ring (bicyclic) bond motifs is 1. The van der Waals surface area contributed by atoms with Crippen LogP contribution in [0.15, 0.2) is 24.3 Å². The smallest absolute Gasteiger partial charge is 0.244 e. The molecule has 8 nitrogen and oxygen atoms in total. The molecule has 2 unspecified atom stereocenters. The van der Waals surface area contributed by atoms with Gasteiger partial charge in [0, 0.05) is 17.0 Å². The van der Waals surface area contributed by atoms with Crippen molar-refractivity contribution in [3.63, 3.8) is 0 Å². The Labute approximate surface area is 223 Å². The Hall–Kier alpha value is -2.26. The molecule has 1 spiro atoms. The average Bonchev–Trinajstić information content (AvgIpc) is 3.54. The molecule has 9 heteroatoms. The number of hydrogen-bond acceptors (Lipinski definition) is 6. The third-order valence-corrected chi connectivity index (χ3v) is 10.7. The van der Waals surface area contributed by atoms with E-state index in [9.17, 15) is 19.5 Å². The van der Waals surface area contributed by atoms with Crippen LogP contribution in [0.3, 0.4) is 0 Å². The van der Waals surface area contributed by atoms with Crippen molar-refractivity contribution in [2.24, 2.45) is 11.8 Å². The van der Waals surface area contributed by atoms with Crippen LogP contribution in [0.4, 0.5) is 5.69 Å². The summed E-state index contributed by atoms with van der Waals surface area (Å²) in [6.07, 6.45) is 7.40. The second-order valence-electron chi connectivity index (χ2n) is 10.8. The molecule has 1 saturated carbocycles. The zero-order chi connectivity index (χ0) is 26.2. The summed E-state index contributed by atoms with van der Waals surface area (Å²) < 4.78 is 4.86. The van der Waals surface area contributed by atoms with E-state index in [1.54, 1.807) is 28.8 Å². The number of carbonyl (C=O) groups is 3. The van der Waals surface area contributed by atoms with Crippen molar-refractivity contribution in [2.45, 2.75) is 93.3 Å². The summed E-state index contributed by atoms with van der Waals surface area (Å²) in [5.74, 6) is -0.794. The van der Waals surface area contributed by atoms with Crippen molar-refractivity contribution in [3.05, 3.63) is 24.3 Å². The standard InChI is InChI=1S/C28H39N3O5S/c1-3-19(16-32)31-24(26(34)30-17-8-6-5-7-9-17)28-15-14-21(37-28)22(23(28)27(31)35)25(33)29-18-10-12-20(13-11-18)36-4-2/h10-13,17,19,21-24,32H,3-9,14-16H2,1-2H3,(H,29,33)(H,30,34)/t19-,21+,22-,23-,24?,28?/m0/s1. The molecule has 1 aromatic rings. The van der Waals surface area contributed by atoms with Crippen molar-refractivity contribution >= 4 is 35.2 Å². The van der Waals surface area contributed by atoms with Crippen LogP contribution in [-0.4, -0.2) is 69.1 Å². The van der Waals surface area contributed by atoms with Gasteiger partial charge in [-0.25, -0.2) is 0 Å². The fraction of sp³-hybridized carbons (Fsp3) is 0.679. The first-order chi connectivity index (χ1) is 17.9. The summed E-state index contributed by atoms with van der Waals surface area (Å²) in [6.45, 7) is 4.21. The van der Waals surface area contributed by atoms with E-state index in [1.165, 1.54) is 6.42 Å². The van der Waals surface area contributed by atoms with Gasteiger partial charge in [0.2, 0.25) is 17.7 Å². The number of likely N-dealkylation sites (tertiary alicyclic amines) is 1. The molecular weight excluding hydrogens is 490 g/mol. The fourth-order valence-corrected chi connectivity index (χ4v) is 9.26. The highest BCUT2D eigenvalue weighted by Gasteiger charge is 2.74. The lowest BCUT2D eigenvalue weighted by atomic mass is 9.70. The first-order valence-corrected chi connectivity index (χ1v) is 14.8. The summed E-state index contributed by atoms with van der Waals surface area (Å²) in [5, 5.41) is 16.4. The Morgan fingerprint density at radius 1 is 1.14 bits per heavy atom. The van der Waals surface area contributed by atoms with Crippen molar-refractivity contribution in [3.8, 4) is 5.75 Å². The average molecular weight is 530 g/mol. The molecule has 0 radical (unpaired) electrons. The van der Waals surface area contributed by atoms with E-state index in [-0.39, 0.29) is 35.6 Å². The number of carbonyl (C=O) groups excluding carboxylic acids is 3. The molecule has 0 aromatic heterocycles. The van der Waals surface area contributed by atoms with Crippen LogP contribution < -0.4 is 15.4 Å². The third-order valence-electron chi connectivity index (χ3n) is 8.75. The minimum atomic E-state index is -0.665. The van der Waals surface area contributed by atoms with Crippen LogP contribution in [-0.2, 0) is 14.4 Å². The molecule has 37 heavy (non-hydrogen) atoms. The summed E-state index contributed by atoms with van der Waals surface area (Å²) in [6, 6.07) is 6.27. The van der Waals surface area contributed by atoms with Crippen LogP contribution >= 0.6 is 11.8 Å². The molecule has 4 aliphatic rings. The maximum atomic E-state index is 14.0. The van der Waals surface area contributed by atoms with Gasteiger partial charge < -0.3 is 25.4 Å². The number of anilines is 1. The number of nitrogens with one attached hydrogen (secondary N) is 2. The van der Waals surface area contributed by atoms with Gasteiger partial charge in [0.1, 0.15) is 11.8 Å². The number of nitrogens with zero attached hydrogens (tertiary/aromatic N) is 1. The number of ether oxygens (including phenoxy) is 1. The first-order valence-electron chi connectivity index (χ1n) is 13.9. The van der Waals surface area contributed by atoms with Gasteiger partial charge in [-0.05, 0) is 63.3 Å². The first kappa shape index (κ1) is 26.4. The Morgan fingerprint density at radius 2 is 1.86 bits per heavy atom. The van der Waals surface area contributed by atoms with Gasteiger partial charge in [0.15, 0.2) is 0 Å². The minimum Gasteiger partial charge on any atom is -0.494 e. The van der Waals surface area contributed by atoms with E-state index >= 15 is 0 Å². The van der Waals surface area contributed by atoms with Gasteiger partial charge in [-0.2, -0.15) is 0 Å². The van der Waals surface area contributed by atoms with Gasteiger partial charge in [0.05, 0.1) is 35.8 Å². The van der Waals surface area contributed by atoms with E-state index in [4.69, 9.17) is 4.74 Å². The number of benzene rings is 1. The number of rotatable bonds is 9. The van der Waals surface area contributed by atoms with E-state index < -0.39 is 28.7 Å². The lowest BCUT2D eigenvalue weighted by molar-refractivity contribution is -0.142. The lowest BCUT2D eigenvalue weighted by Crippen LogP contribution is -2.58. The SMILES string of the molecule is CCOc1ccc(NC(=O)[C@@H]2[C@H]3C(=O)N([C@@H](CC)CO)C(C(=O)NC4CCCCC4)C34CC[C@H]2S4)cc1. The number of aliphatic hydroxyl groups is 1. The summed E-state index contributed by atoms with van der Waals surface area (Å²) >= 11 is 1.66.